The van der Waals surface area contributed by atoms with Crippen LogP contribution in [-0.2, 0) is 47.7 Å². The Morgan fingerprint density at radius 3 is 0.882 bits per heavy atom. The zero-order chi connectivity index (χ0) is 28.3. The molecule has 0 aromatic rings. The molecule has 0 fully saturated rings. The minimum atomic E-state index is -0.458. The molecule has 15 nitrogen and oxygen atoms in total. The van der Waals surface area contributed by atoms with Crippen molar-refractivity contribution < 1.29 is 47.7 Å². The first kappa shape index (κ1) is 41.4. The summed E-state index contributed by atoms with van der Waals surface area (Å²) in [6, 6.07) is 0. The number of amides is 5. The van der Waals surface area contributed by atoms with Crippen molar-refractivity contribution >= 4 is 29.5 Å². The summed E-state index contributed by atoms with van der Waals surface area (Å²) in [5.41, 5.74) is 23.7. The lowest BCUT2D eigenvalue weighted by Crippen LogP contribution is -2.26. The molecule has 204 valence electrons. The van der Waals surface area contributed by atoms with E-state index in [1.165, 1.54) is 35.5 Å². The highest BCUT2D eigenvalue weighted by Gasteiger charge is 2.04. The fourth-order valence-electron chi connectivity index (χ4n) is 0.693. The third-order valence-electron chi connectivity index (χ3n) is 3.10. The zero-order valence-electron chi connectivity index (χ0n) is 21.3. The topological polar surface area (TPSA) is 262 Å². The molecule has 5 amide bonds. The molecule has 0 saturated heterocycles. The van der Waals surface area contributed by atoms with E-state index in [-0.39, 0.29) is 12.5 Å². The first-order valence-electron chi connectivity index (χ1n) is 9.59. The third-order valence-corrected chi connectivity index (χ3v) is 3.10. The maximum absolute atomic E-state index is 10.0. The molecule has 15 heteroatoms. The Morgan fingerprint density at radius 2 is 0.853 bits per heavy atom. The van der Waals surface area contributed by atoms with Gasteiger partial charge in [-0.1, -0.05) is 0 Å². The molecule has 0 aliphatic heterocycles. The summed E-state index contributed by atoms with van der Waals surface area (Å²) in [6.45, 7) is 5.24. The van der Waals surface area contributed by atoms with Crippen molar-refractivity contribution in [2.45, 2.75) is 45.5 Å². The number of ether oxygens (including phenoxy) is 5. The number of carbonyl (C=O) groups excluding carboxylic acids is 5. The van der Waals surface area contributed by atoms with Crippen molar-refractivity contribution in [3.8, 4) is 0 Å². The predicted molar refractivity (Wildman–Crippen MR) is 124 cm³/mol. The van der Waals surface area contributed by atoms with E-state index >= 15 is 0 Å². The molecule has 0 aromatic carbocycles. The van der Waals surface area contributed by atoms with Crippen molar-refractivity contribution in [1.82, 2.24) is 0 Å². The van der Waals surface area contributed by atoms with E-state index in [1.54, 1.807) is 20.8 Å². The average molecular weight is 502 g/mol. The van der Waals surface area contributed by atoms with Gasteiger partial charge >= 0.3 is 0 Å². The molecule has 0 radical (unpaired) electrons. The monoisotopic (exact) mass is 501 g/mol. The van der Waals surface area contributed by atoms with Crippen LogP contribution in [0.4, 0.5) is 0 Å². The molecule has 0 aliphatic rings. The Labute approximate surface area is 200 Å². The lowest BCUT2D eigenvalue weighted by molar-refractivity contribution is -0.127. The van der Waals surface area contributed by atoms with Crippen LogP contribution in [0.15, 0.2) is 0 Å². The summed E-state index contributed by atoms with van der Waals surface area (Å²) in [5.74, 6) is -2.04. The second kappa shape index (κ2) is 30.1. The highest BCUT2D eigenvalue weighted by atomic mass is 16.5. The highest BCUT2D eigenvalue weighted by molar-refractivity contribution is 5.79. The van der Waals surface area contributed by atoms with Crippen LogP contribution in [0.25, 0.3) is 0 Å². The highest BCUT2D eigenvalue weighted by Crippen LogP contribution is 1.82. The van der Waals surface area contributed by atoms with Crippen LogP contribution in [0.1, 0.15) is 27.2 Å². The summed E-state index contributed by atoms with van der Waals surface area (Å²) in [5, 5.41) is 0. The fourth-order valence-corrected chi connectivity index (χ4v) is 0.693. The van der Waals surface area contributed by atoms with Gasteiger partial charge in [0.15, 0.2) is 0 Å². The number of carbonyl (C=O) groups is 5. The molecule has 0 spiro atoms. The van der Waals surface area contributed by atoms with Gasteiger partial charge in [0.1, 0.15) is 24.9 Å². The average Bonchev–Trinajstić information content (AvgIpc) is 2.77. The van der Waals surface area contributed by atoms with Gasteiger partial charge in [0.25, 0.3) is 0 Å². The second-order valence-electron chi connectivity index (χ2n) is 5.95. The van der Waals surface area contributed by atoms with Crippen molar-refractivity contribution in [3.63, 3.8) is 0 Å². The van der Waals surface area contributed by atoms with E-state index < -0.39 is 41.9 Å². The van der Waals surface area contributed by atoms with Gasteiger partial charge < -0.3 is 52.4 Å². The smallest absolute Gasteiger partial charge is 0.246 e. The minimum absolute atomic E-state index is 0.0139. The quantitative estimate of drug-likeness (QED) is 0.193. The number of methoxy groups -OCH3 is 5. The van der Waals surface area contributed by atoms with Crippen molar-refractivity contribution in [2.75, 3.05) is 48.8 Å². The number of nitrogens with two attached hydrogens (primary N) is 5. The van der Waals surface area contributed by atoms with E-state index in [4.69, 9.17) is 22.9 Å². The molecule has 0 aromatic heterocycles. The fraction of sp³-hybridized carbons (Fsp3) is 0.737. The van der Waals surface area contributed by atoms with Crippen LogP contribution in [0.5, 0.6) is 0 Å². The van der Waals surface area contributed by atoms with Gasteiger partial charge in [0.2, 0.25) is 29.5 Å². The molecule has 3 unspecified atom stereocenters. The van der Waals surface area contributed by atoms with Gasteiger partial charge in [-0.2, -0.15) is 0 Å². The Hall–Kier alpha value is -2.85. The summed E-state index contributed by atoms with van der Waals surface area (Å²) in [6.07, 6.45) is -1.06. The molecular weight excluding hydrogens is 458 g/mol. The predicted octanol–water partition coefficient (Wildman–Crippen LogP) is -2.85. The molecule has 0 saturated carbocycles. The van der Waals surface area contributed by atoms with Crippen LogP contribution in [-0.4, -0.2) is 96.6 Å². The van der Waals surface area contributed by atoms with E-state index in [0.29, 0.717) is 13.0 Å². The van der Waals surface area contributed by atoms with Crippen LogP contribution >= 0.6 is 0 Å². The van der Waals surface area contributed by atoms with Gasteiger partial charge in [-0.05, 0) is 20.8 Å². The first-order valence-corrected chi connectivity index (χ1v) is 9.59. The van der Waals surface area contributed by atoms with Crippen molar-refractivity contribution in [3.05, 3.63) is 0 Å². The number of rotatable bonds is 11. The lowest BCUT2D eigenvalue weighted by Gasteiger charge is -2.00. The summed E-state index contributed by atoms with van der Waals surface area (Å²) < 4.78 is 22.5. The van der Waals surface area contributed by atoms with Crippen molar-refractivity contribution in [2.24, 2.45) is 28.7 Å². The molecule has 0 heterocycles. The Bertz CT molecular complexity index is 502. The third kappa shape index (κ3) is 47.1. The number of hydrogen-bond acceptors (Lipinski definition) is 10. The van der Waals surface area contributed by atoms with Gasteiger partial charge in [-0.15, -0.1) is 0 Å². The Morgan fingerprint density at radius 1 is 0.559 bits per heavy atom. The van der Waals surface area contributed by atoms with Gasteiger partial charge in [0, 0.05) is 42.0 Å². The minimum Gasteiger partial charge on any atom is -0.384 e. The van der Waals surface area contributed by atoms with Gasteiger partial charge in [-0.3, -0.25) is 24.0 Å². The maximum Gasteiger partial charge on any atom is 0.246 e. The molecule has 34 heavy (non-hydrogen) atoms. The largest absolute Gasteiger partial charge is 0.384 e. The van der Waals surface area contributed by atoms with E-state index in [2.05, 4.69) is 29.4 Å². The molecule has 0 aliphatic carbocycles. The summed E-state index contributed by atoms with van der Waals surface area (Å²) in [7, 11) is 7.27. The van der Waals surface area contributed by atoms with Crippen LogP contribution in [0, 0.1) is 0 Å². The molecular formula is C19H43N5O10. The standard InChI is InChI=1S/4C4H9NO2.C3H7NO2/c1-7-3-2-4(5)6;3*1-3(7-2)4(5)6;1-6-2-3(4)5/h2-3H2,1H3,(H2,5,6);3*3H,1-2H3,(H2,5,6);2H2,1H3,(H2,4,5). The SMILES string of the molecule is COC(C)C(N)=O.COC(C)C(N)=O.COC(C)C(N)=O.COCC(N)=O.COCCC(N)=O. The molecule has 0 bridgehead atoms. The van der Waals surface area contributed by atoms with Gasteiger partial charge in [0.05, 0.1) is 6.61 Å². The molecule has 0 rings (SSSR count). The van der Waals surface area contributed by atoms with Gasteiger partial charge in [-0.25, -0.2) is 0 Å². The molecule has 3 atom stereocenters. The van der Waals surface area contributed by atoms with E-state index in [0.717, 1.165) is 0 Å². The van der Waals surface area contributed by atoms with Crippen molar-refractivity contribution in [1.29, 1.82) is 0 Å². The summed E-state index contributed by atoms with van der Waals surface area (Å²) in [4.78, 5) is 49.7. The Kier molecular flexibility index (Phi) is 36.7. The molecule has 10 N–H and O–H groups in total. The number of hydrogen-bond donors (Lipinski definition) is 5. The summed E-state index contributed by atoms with van der Waals surface area (Å²) >= 11 is 0. The Balaban J connectivity index is -0.000000103. The van der Waals surface area contributed by atoms with E-state index in [9.17, 15) is 24.0 Å². The van der Waals surface area contributed by atoms with E-state index in [1.807, 2.05) is 0 Å². The maximum atomic E-state index is 10.0. The van der Waals surface area contributed by atoms with Crippen LogP contribution < -0.4 is 28.7 Å². The number of primary amides is 5. The second-order valence-corrected chi connectivity index (χ2v) is 5.95. The zero-order valence-corrected chi connectivity index (χ0v) is 21.3. The van der Waals surface area contributed by atoms with Crippen LogP contribution in [0.2, 0.25) is 0 Å². The van der Waals surface area contributed by atoms with Crippen LogP contribution in [0.3, 0.4) is 0 Å². The first-order chi connectivity index (χ1) is 15.6. The lowest BCUT2D eigenvalue weighted by atomic mass is 10.4. The normalized spacial score (nSPS) is 11.5.